The molecule has 154 valence electrons. The highest BCUT2D eigenvalue weighted by Crippen LogP contribution is 2.38. The molecule has 29 heavy (non-hydrogen) atoms. The van der Waals surface area contributed by atoms with Gasteiger partial charge in [-0.05, 0) is 45.7 Å². The molecule has 0 aromatic carbocycles. The van der Waals surface area contributed by atoms with E-state index in [0.29, 0.717) is 31.9 Å². The highest BCUT2D eigenvalue weighted by molar-refractivity contribution is 6.31. The number of piperidine rings is 1. The third kappa shape index (κ3) is 4.43. The summed E-state index contributed by atoms with van der Waals surface area (Å²) in [6.07, 6.45) is 5.74. The minimum atomic E-state index is -1.38. The van der Waals surface area contributed by atoms with Crippen molar-refractivity contribution in [3.8, 4) is 11.9 Å². The van der Waals surface area contributed by atoms with Crippen molar-refractivity contribution < 1.29 is 9.13 Å². The number of ether oxygens (including phenoxy) is 1. The first-order valence-corrected chi connectivity index (χ1v) is 10.1. The second-order valence-electron chi connectivity index (χ2n) is 7.72. The van der Waals surface area contributed by atoms with Gasteiger partial charge in [0.15, 0.2) is 0 Å². The van der Waals surface area contributed by atoms with Gasteiger partial charge in [-0.2, -0.15) is 15.3 Å². The number of nitriles is 1. The van der Waals surface area contributed by atoms with Crippen molar-refractivity contribution in [2.24, 2.45) is 5.92 Å². The van der Waals surface area contributed by atoms with E-state index in [-0.39, 0.29) is 29.5 Å². The lowest BCUT2D eigenvalue weighted by Gasteiger charge is -2.30. The molecule has 0 amide bonds. The lowest BCUT2D eigenvalue weighted by molar-refractivity contribution is 0.0520. The van der Waals surface area contributed by atoms with Crippen molar-refractivity contribution in [2.45, 2.75) is 44.3 Å². The molecule has 8 nitrogen and oxygen atoms in total. The first-order chi connectivity index (χ1) is 14.0. The summed E-state index contributed by atoms with van der Waals surface area (Å²) in [4.78, 5) is 8.48. The smallest absolute Gasteiger partial charge is 0.237 e. The predicted octanol–water partition coefficient (Wildman–Crippen LogP) is 3.32. The van der Waals surface area contributed by atoms with Gasteiger partial charge < -0.3 is 15.4 Å². The Hall–Kier alpha value is -2.44. The lowest BCUT2D eigenvalue weighted by atomic mass is 9.81. The monoisotopic (exact) mass is 419 g/mol. The van der Waals surface area contributed by atoms with Gasteiger partial charge in [0, 0.05) is 6.20 Å². The molecule has 3 heterocycles. The largest absolute Gasteiger partial charge is 0.473 e. The molecule has 10 heteroatoms. The van der Waals surface area contributed by atoms with Crippen LogP contribution in [0.4, 0.5) is 16.0 Å². The van der Waals surface area contributed by atoms with Crippen LogP contribution in [0.2, 0.25) is 5.02 Å². The van der Waals surface area contributed by atoms with E-state index in [4.69, 9.17) is 21.6 Å². The SMILES string of the molecule is Cc1nn(C2CC(C#N)C2)cc1Nc1ncc(Cl)c(OCC2(F)CCNCC2)n1. The number of aryl methyl sites for hydroxylation is 1. The molecule has 2 N–H and O–H groups in total. The average molecular weight is 420 g/mol. The quantitative estimate of drug-likeness (QED) is 0.740. The lowest BCUT2D eigenvalue weighted by Crippen LogP contribution is -2.42. The molecule has 2 aliphatic rings. The number of aromatic nitrogens is 4. The van der Waals surface area contributed by atoms with Crippen LogP contribution in [-0.4, -0.2) is 45.1 Å². The summed E-state index contributed by atoms with van der Waals surface area (Å²) < 4.78 is 22.2. The van der Waals surface area contributed by atoms with Gasteiger partial charge >= 0.3 is 0 Å². The van der Waals surface area contributed by atoms with Gasteiger partial charge in [-0.25, -0.2) is 9.37 Å². The van der Waals surface area contributed by atoms with E-state index in [9.17, 15) is 4.39 Å². The summed E-state index contributed by atoms with van der Waals surface area (Å²) in [5.41, 5.74) is 0.178. The van der Waals surface area contributed by atoms with Crippen LogP contribution in [0.5, 0.6) is 5.88 Å². The second kappa shape index (κ2) is 8.13. The standard InChI is InChI=1S/C19H23ClFN7O/c1-12-16(10-28(27-12)14-6-13(7-14)8-22)25-18-24-9-15(20)17(26-18)29-11-19(21)2-4-23-5-3-19/h9-10,13-14,23H,2-7,11H2,1H3,(H,24,25,26). The van der Waals surface area contributed by atoms with Gasteiger partial charge in [-0.15, -0.1) is 0 Å². The minimum absolute atomic E-state index is 0.0937. The normalized spacial score (nSPS) is 23.1. The zero-order valence-corrected chi connectivity index (χ0v) is 16.9. The van der Waals surface area contributed by atoms with Crippen LogP contribution >= 0.6 is 11.6 Å². The molecule has 0 atom stereocenters. The van der Waals surface area contributed by atoms with Crippen molar-refractivity contribution in [3.05, 3.63) is 23.1 Å². The highest BCUT2D eigenvalue weighted by atomic mass is 35.5. The van der Waals surface area contributed by atoms with E-state index in [1.165, 1.54) is 6.20 Å². The Balaban J connectivity index is 1.42. The van der Waals surface area contributed by atoms with E-state index in [1.807, 2.05) is 17.8 Å². The molecule has 1 saturated carbocycles. The van der Waals surface area contributed by atoms with Gasteiger partial charge in [0.25, 0.3) is 0 Å². The van der Waals surface area contributed by atoms with Crippen molar-refractivity contribution in [1.29, 1.82) is 5.26 Å². The number of nitrogens with zero attached hydrogens (tertiary/aromatic N) is 5. The van der Waals surface area contributed by atoms with E-state index >= 15 is 0 Å². The molecule has 2 aromatic heterocycles. The first kappa shape index (κ1) is 19.9. The molecule has 1 saturated heterocycles. The first-order valence-electron chi connectivity index (χ1n) is 9.73. The van der Waals surface area contributed by atoms with Crippen LogP contribution < -0.4 is 15.4 Å². The average Bonchev–Trinajstić information content (AvgIpc) is 3.02. The Kier molecular flexibility index (Phi) is 5.56. The Morgan fingerprint density at radius 2 is 2.21 bits per heavy atom. The Morgan fingerprint density at radius 3 is 2.93 bits per heavy atom. The van der Waals surface area contributed by atoms with Crippen molar-refractivity contribution >= 4 is 23.2 Å². The summed E-state index contributed by atoms with van der Waals surface area (Å²) >= 11 is 6.14. The number of nitrogens with one attached hydrogen (secondary N) is 2. The fourth-order valence-electron chi connectivity index (χ4n) is 3.55. The molecular formula is C19H23ClFN7O. The number of alkyl halides is 1. The molecule has 0 radical (unpaired) electrons. The van der Waals surface area contributed by atoms with Gasteiger partial charge in [0.05, 0.1) is 35.6 Å². The van der Waals surface area contributed by atoms with Gasteiger partial charge in [-0.3, -0.25) is 4.68 Å². The number of hydrogen-bond donors (Lipinski definition) is 2. The summed E-state index contributed by atoms with van der Waals surface area (Å²) in [6.45, 7) is 3.05. The fraction of sp³-hybridized carbons (Fsp3) is 0.579. The second-order valence-corrected chi connectivity index (χ2v) is 8.13. The van der Waals surface area contributed by atoms with Gasteiger partial charge in [-0.1, -0.05) is 11.6 Å². The van der Waals surface area contributed by atoms with Crippen LogP contribution in [0.1, 0.15) is 37.4 Å². The van der Waals surface area contributed by atoms with E-state index < -0.39 is 5.67 Å². The highest BCUT2D eigenvalue weighted by Gasteiger charge is 2.33. The van der Waals surface area contributed by atoms with Crippen LogP contribution in [0, 0.1) is 24.2 Å². The predicted molar refractivity (Wildman–Crippen MR) is 106 cm³/mol. The number of halogens is 2. The zero-order valence-electron chi connectivity index (χ0n) is 16.2. The van der Waals surface area contributed by atoms with E-state index in [1.54, 1.807) is 0 Å². The summed E-state index contributed by atoms with van der Waals surface area (Å²) in [5.74, 6) is 0.563. The molecule has 4 rings (SSSR count). The topological polar surface area (TPSA) is 101 Å². The molecule has 1 aliphatic carbocycles. The third-order valence-electron chi connectivity index (χ3n) is 5.51. The Bertz CT molecular complexity index is 916. The van der Waals surface area contributed by atoms with Gasteiger partial charge in [0.2, 0.25) is 11.8 Å². The molecule has 2 fully saturated rings. The number of anilines is 2. The van der Waals surface area contributed by atoms with Crippen molar-refractivity contribution in [2.75, 3.05) is 25.0 Å². The zero-order chi connectivity index (χ0) is 20.4. The maximum absolute atomic E-state index is 14.8. The maximum Gasteiger partial charge on any atom is 0.237 e. The van der Waals surface area contributed by atoms with Gasteiger partial charge in [0.1, 0.15) is 17.3 Å². The molecular weight excluding hydrogens is 397 g/mol. The summed E-state index contributed by atoms with van der Waals surface area (Å²) in [5, 5.41) is 20.0. The third-order valence-corrected chi connectivity index (χ3v) is 5.77. The van der Waals surface area contributed by atoms with E-state index in [2.05, 4.69) is 31.8 Å². The molecule has 0 unspecified atom stereocenters. The van der Waals surface area contributed by atoms with Crippen molar-refractivity contribution in [1.82, 2.24) is 25.1 Å². The maximum atomic E-state index is 14.8. The summed E-state index contributed by atoms with van der Waals surface area (Å²) in [6, 6.07) is 2.52. The Morgan fingerprint density at radius 1 is 1.45 bits per heavy atom. The fourth-order valence-corrected chi connectivity index (χ4v) is 3.70. The molecule has 1 aliphatic heterocycles. The van der Waals surface area contributed by atoms with Crippen LogP contribution in [-0.2, 0) is 0 Å². The number of hydrogen-bond acceptors (Lipinski definition) is 7. The number of rotatable bonds is 6. The molecule has 2 aromatic rings. The molecule has 0 spiro atoms. The van der Waals surface area contributed by atoms with Crippen LogP contribution in [0.25, 0.3) is 0 Å². The van der Waals surface area contributed by atoms with Crippen molar-refractivity contribution in [3.63, 3.8) is 0 Å². The van der Waals surface area contributed by atoms with Crippen LogP contribution in [0.15, 0.2) is 12.4 Å². The minimum Gasteiger partial charge on any atom is -0.473 e. The van der Waals surface area contributed by atoms with Crippen LogP contribution in [0.3, 0.4) is 0 Å². The Labute approximate surface area is 173 Å². The summed E-state index contributed by atoms with van der Waals surface area (Å²) in [7, 11) is 0. The molecule has 0 bridgehead atoms. The van der Waals surface area contributed by atoms with E-state index in [0.717, 1.165) is 24.2 Å².